The third kappa shape index (κ3) is 3.53. The van der Waals surface area contributed by atoms with Gasteiger partial charge in [-0.25, -0.2) is 8.78 Å². The minimum absolute atomic E-state index is 0.237. The molecule has 1 amide bonds. The molecule has 2 aromatic rings. The van der Waals surface area contributed by atoms with E-state index in [9.17, 15) is 13.6 Å². The topological polar surface area (TPSA) is 45.2 Å². The maximum absolute atomic E-state index is 13.8. The molecule has 1 unspecified atom stereocenters. The Bertz CT molecular complexity index is 745. The molecule has 1 aliphatic heterocycles. The molecule has 1 saturated heterocycles. The third-order valence-corrected chi connectivity index (χ3v) is 4.22. The van der Waals surface area contributed by atoms with Crippen LogP contribution in [0.1, 0.15) is 41.9 Å². The van der Waals surface area contributed by atoms with Crippen LogP contribution in [-0.2, 0) is 0 Å². The lowest BCUT2D eigenvalue weighted by Crippen LogP contribution is -2.28. The van der Waals surface area contributed by atoms with Crippen molar-refractivity contribution >= 4 is 11.6 Å². The predicted molar refractivity (Wildman–Crippen MR) is 87.9 cm³/mol. The maximum atomic E-state index is 13.8. The van der Waals surface area contributed by atoms with Crippen LogP contribution in [0.15, 0.2) is 36.5 Å². The van der Waals surface area contributed by atoms with Gasteiger partial charge in [0.1, 0.15) is 17.3 Å². The summed E-state index contributed by atoms with van der Waals surface area (Å²) in [7, 11) is 0. The van der Waals surface area contributed by atoms with Gasteiger partial charge >= 0.3 is 0 Å². The quantitative estimate of drug-likeness (QED) is 0.933. The number of pyridine rings is 1. The summed E-state index contributed by atoms with van der Waals surface area (Å²) in [6.07, 6.45) is 3.89. The molecule has 6 heteroatoms. The largest absolute Gasteiger partial charge is 0.371 e. The SMILES string of the molecule is CC(NC(=O)c1cc(N2CCCC2)ccn1)c1ccc(F)cc1F. The first-order valence-corrected chi connectivity index (χ1v) is 8.01. The number of carbonyl (C=O) groups excluding carboxylic acids is 1. The summed E-state index contributed by atoms with van der Waals surface area (Å²) < 4.78 is 26.8. The second-order valence-electron chi connectivity index (χ2n) is 5.95. The predicted octanol–water partition coefficient (Wildman–Crippen LogP) is 3.45. The highest BCUT2D eigenvalue weighted by molar-refractivity contribution is 5.93. The Morgan fingerprint density at radius 1 is 1.21 bits per heavy atom. The van der Waals surface area contributed by atoms with Gasteiger partial charge in [0.05, 0.1) is 6.04 Å². The number of aromatic nitrogens is 1. The number of benzene rings is 1. The molecule has 0 bridgehead atoms. The smallest absolute Gasteiger partial charge is 0.270 e. The Morgan fingerprint density at radius 2 is 1.96 bits per heavy atom. The van der Waals surface area contributed by atoms with Crippen LogP contribution in [0.4, 0.5) is 14.5 Å². The Hall–Kier alpha value is -2.50. The van der Waals surface area contributed by atoms with E-state index in [1.165, 1.54) is 12.1 Å². The second-order valence-corrected chi connectivity index (χ2v) is 5.95. The molecule has 24 heavy (non-hydrogen) atoms. The van der Waals surface area contributed by atoms with Crippen LogP contribution < -0.4 is 10.2 Å². The third-order valence-electron chi connectivity index (χ3n) is 4.22. The standard InChI is InChI=1S/C18H19F2N3O/c1-12(15-5-4-13(19)10-16(15)20)22-18(24)17-11-14(6-7-21-17)23-8-2-3-9-23/h4-7,10-12H,2-3,8-9H2,1H3,(H,22,24). The summed E-state index contributed by atoms with van der Waals surface area (Å²) in [5.41, 5.74) is 1.49. The number of hydrogen-bond donors (Lipinski definition) is 1. The van der Waals surface area contributed by atoms with Crippen LogP contribution in [0, 0.1) is 11.6 Å². The van der Waals surface area contributed by atoms with Crippen molar-refractivity contribution in [1.82, 2.24) is 10.3 Å². The Kier molecular flexibility index (Phi) is 4.74. The minimum atomic E-state index is -0.679. The van der Waals surface area contributed by atoms with Crippen LogP contribution in [-0.4, -0.2) is 24.0 Å². The Balaban J connectivity index is 1.73. The average Bonchev–Trinajstić information content (AvgIpc) is 3.09. The molecule has 0 radical (unpaired) electrons. The molecule has 0 saturated carbocycles. The van der Waals surface area contributed by atoms with Crippen molar-refractivity contribution in [3.63, 3.8) is 0 Å². The number of nitrogens with one attached hydrogen (secondary N) is 1. The van der Waals surface area contributed by atoms with Crippen molar-refractivity contribution < 1.29 is 13.6 Å². The molecule has 1 N–H and O–H groups in total. The molecule has 2 heterocycles. The number of amides is 1. The van der Waals surface area contributed by atoms with E-state index >= 15 is 0 Å². The van der Waals surface area contributed by atoms with Gasteiger partial charge in [0, 0.05) is 36.6 Å². The van der Waals surface area contributed by atoms with E-state index in [-0.39, 0.29) is 17.2 Å². The van der Waals surface area contributed by atoms with Crippen molar-refractivity contribution in [1.29, 1.82) is 0 Å². The van der Waals surface area contributed by atoms with Gasteiger partial charge in [0.2, 0.25) is 0 Å². The number of anilines is 1. The van der Waals surface area contributed by atoms with E-state index < -0.39 is 17.7 Å². The lowest BCUT2D eigenvalue weighted by atomic mass is 10.1. The fourth-order valence-electron chi connectivity index (χ4n) is 2.92. The summed E-state index contributed by atoms with van der Waals surface area (Å²) in [4.78, 5) is 18.7. The monoisotopic (exact) mass is 331 g/mol. The van der Waals surface area contributed by atoms with Gasteiger partial charge in [-0.1, -0.05) is 6.07 Å². The van der Waals surface area contributed by atoms with Crippen molar-refractivity contribution in [2.24, 2.45) is 0 Å². The van der Waals surface area contributed by atoms with Crippen LogP contribution in [0.3, 0.4) is 0 Å². The van der Waals surface area contributed by atoms with Gasteiger partial charge < -0.3 is 10.2 Å². The summed E-state index contributed by atoms with van der Waals surface area (Å²) in [5.74, 6) is -1.70. The van der Waals surface area contributed by atoms with Gasteiger partial charge in [-0.2, -0.15) is 0 Å². The molecule has 4 nitrogen and oxygen atoms in total. The summed E-state index contributed by atoms with van der Waals surface area (Å²) >= 11 is 0. The number of hydrogen-bond acceptors (Lipinski definition) is 3. The highest BCUT2D eigenvalue weighted by Gasteiger charge is 2.18. The molecule has 1 atom stereocenters. The highest BCUT2D eigenvalue weighted by atomic mass is 19.1. The Labute approximate surface area is 139 Å². The van der Waals surface area contributed by atoms with Crippen LogP contribution in [0.25, 0.3) is 0 Å². The number of halogens is 2. The molecule has 1 aromatic carbocycles. The molecule has 0 aliphatic carbocycles. The van der Waals surface area contributed by atoms with E-state index in [0.29, 0.717) is 0 Å². The van der Waals surface area contributed by atoms with Crippen LogP contribution in [0.5, 0.6) is 0 Å². The molecule has 1 aromatic heterocycles. The highest BCUT2D eigenvalue weighted by Crippen LogP contribution is 2.21. The van der Waals surface area contributed by atoms with Gasteiger partial charge in [-0.3, -0.25) is 9.78 Å². The van der Waals surface area contributed by atoms with E-state index in [0.717, 1.165) is 37.7 Å². The van der Waals surface area contributed by atoms with Crippen molar-refractivity contribution in [2.45, 2.75) is 25.8 Å². The zero-order valence-electron chi connectivity index (χ0n) is 13.4. The lowest BCUT2D eigenvalue weighted by Gasteiger charge is -2.19. The first-order valence-electron chi connectivity index (χ1n) is 8.01. The van der Waals surface area contributed by atoms with Gasteiger partial charge in [0.15, 0.2) is 0 Å². The van der Waals surface area contributed by atoms with Gasteiger partial charge in [-0.15, -0.1) is 0 Å². The maximum Gasteiger partial charge on any atom is 0.270 e. The molecular formula is C18H19F2N3O. The molecule has 1 fully saturated rings. The second kappa shape index (κ2) is 6.95. The van der Waals surface area contributed by atoms with E-state index in [1.54, 1.807) is 19.2 Å². The molecule has 1 aliphatic rings. The zero-order valence-corrected chi connectivity index (χ0v) is 13.4. The Morgan fingerprint density at radius 3 is 2.67 bits per heavy atom. The summed E-state index contributed by atoms with van der Waals surface area (Å²) in [5, 5.41) is 2.71. The van der Waals surface area contributed by atoms with Crippen molar-refractivity contribution in [3.05, 3.63) is 59.4 Å². The van der Waals surface area contributed by atoms with Gasteiger partial charge in [0.25, 0.3) is 5.91 Å². The minimum Gasteiger partial charge on any atom is -0.371 e. The molecule has 126 valence electrons. The molecule has 0 spiro atoms. The van der Waals surface area contributed by atoms with Crippen molar-refractivity contribution in [3.8, 4) is 0 Å². The zero-order chi connectivity index (χ0) is 17.1. The fraction of sp³-hybridized carbons (Fsp3) is 0.333. The average molecular weight is 331 g/mol. The van der Waals surface area contributed by atoms with Crippen LogP contribution >= 0.6 is 0 Å². The van der Waals surface area contributed by atoms with E-state index in [2.05, 4.69) is 15.2 Å². The number of carbonyl (C=O) groups is 1. The van der Waals surface area contributed by atoms with E-state index in [1.807, 2.05) is 6.07 Å². The number of rotatable bonds is 4. The first-order chi connectivity index (χ1) is 11.5. The molecule has 3 rings (SSSR count). The number of nitrogens with zero attached hydrogens (tertiary/aromatic N) is 2. The molecular weight excluding hydrogens is 312 g/mol. The lowest BCUT2D eigenvalue weighted by molar-refractivity contribution is 0.0934. The fourth-order valence-corrected chi connectivity index (χ4v) is 2.92. The normalized spacial score (nSPS) is 15.4. The first kappa shape index (κ1) is 16.4. The summed E-state index contributed by atoms with van der Waals surface area (Å²) in [6.45, 7) is 3.60. The van der Waals surface area contributed by atoms with E-state index in [4.69, 9.17) is 0 Å². The van der Waals surface area contributed by atoms with Crippen molar-refractivity contribution in [2.75, 3.05) is 18.0 Å². The summed E-state index contributed by atoms with van der Waals surface area (Å²) in [6, 6.07) is 6.36. The van der Waals surface area contributed by atoms with Gasteiger partial charge in [-0.05, 0) is 38.0 Å². The van der Waals surface area contributed by atoms with Crippen LogP contribution in [0.2, 0.25) is 0 Å².